The quantitative estimate of drug-likeness (QED) is 0.728. The van der Waals surface area contributed by atoms with Gasteiger partial charge in [-0.2, -0.15) is 0 Å². The van der Waals surface area contributed by atoms with Crippen molar-refractivity contribution in [2.45, 2.75) is 26.3 Å². The van der Waals surface area contributed by atoms with Crippen molar-refractivity contribution in [1.82, 2.24) is 20.1 Å². The van der Waals surface area contributed by atoms with Crippen LogP contribution in [0.25, 0.3) is 0 Å². The number of rotatable bonds is 8. The highest BCUT2D eigenvalue weighted by atomic mass is 16.5. The molecule has 1 aliphatic heterocycles. The molecule has 1 saturated heterocycles. The van der Waals surface area contributed by atoms with Crippen molar-refractivity contribution >= 4 is 11.8 Å². The number of likely N-dealkylation sites (tertiary alicyclic amines) is 1. The number of amides is 2. The van der Waals surface area contributed by atoms with Crippen molar-refractivity contribution in [2.75, 3.05) is 46.9 Å². The van der Waals surface area contributed by atoms with Gasteiger partial charge in [0.25, 0.3) is 5.91 Å². The average molecular weight is 338 g/mol. The van der Waals surface area contributed by atoms with Gasteiger partial charge in [0.2, 0.25) is 5.91 Å². The summed E-state index contributed by atoms with van der Waals surface area (Å²) in [6.45, 7) is 6.84. The maximum atomic E-state index is 12.2. The Morgan fingerprint density at radius 3 is 2.83 bits per heavy atom. The summed E-state index contributed by atoms with van der Waals surface area (Å²) in [5.74, 6) is 0.724. The number of carbonyl (C=O) groups excluding carboxylic acids is 2. The number of methoxy groups -OCH3 is 1. The van der Waals surface area contributed by atoms with Crippen LogP contribution in [-0.2, 0) is 9.53 Å². The van der Waals surface area contributed by atoms with Crippen molar-refractivity contribution in [1.29, 1.82) is 0 Å². The Morgan fingerprint density at radius 2 is 2.21 bits per heavy atom. The van der Waals surface area contributed by atoms with E-state index in [-0.39, 0.29) is 23.6 Å². The highest BCUT2D eigenvalue weighted by Crippen LogP contribution is 2.13. The fourth-order valence-corrected chi connectivity index (χ4v) is 2.73. The van der Waals surface area contributed by atoms with Crippen molar-refractivity contribution in [2.24, 2.45) is 0 Å². The summed E-state index contributed by atoms with van der Waals surface area (Å²) < 4.78 is 10.3. The van der Waals surface area contributed by atoms with Crippen molar-refractivity contribution < 1.29 is 18.7 Å². The molecular weight excluding hydrogens is 312 g/mol. The smallest absolute Gasteiger partial charge is 0.273 e. The number of hydrogen-bond donors (Lipinski definition) is 1. The van der Waals surface area contributed by atoms with Gasteiger partial charge in [-0.1, -0.05) is 0 Å². The molecule has 1 N–H and O–H groups in total. The van der Waals surface area contributed by atoms with E-state index < -0.39 is 0 Å². The topological polar surface area (TPSA) is 87.9 Å². The number of ether oxygens (including phenoxy) is 1. The molecule has 1 aromatic rings. The Morgan fingerprint density at radius 1 is 1.46 bits per heavy atom. The first-order valence-electron chi connectivity index (χ1n) is 8.11. The third-order valence-electron chi connectivity index (χ3n) is 4.10. The largest absolute Gasteiger partial charge is 0.445 e. The number of aryl methyl sites for hydroxylation is 2. The van der Waals surface area contributed by atoms with Crippen LogP contribution in [0.2, 0.25) is 0 Å². The number of carbonyl (C=O) groups is 2. The van der Waals surface area contributed by atoms with Gasteiger partial charge in [0.05, 0.1) is 12.6 Å². The van der Waals surface area contributed by atoms with E-state index in [1.807, 2.05) is 7.05 Å². The molecule has 1 unspecified atom stereocenters. The van der Waals surface area contributed by atoms with E-state index in [1.165, 1.54) is 0 Å². The van der Waals surface area contributed by atoms with Crippen LogP contribution in [0.1, 0.15) is 28.6 Å². The molecule has 2 rings (SSSR count). The zero-order chi connectivity index (χ0) is 17.7. The molecule has 0 radical (unpaired) electrons. The van der Waals surface area contributed by atoms with Gasteiger partial charge in [0.15, 0.2) is 11.6 Å². The molecule has 1 aromatic heterocycles. The number of nitrogens with zero attached hydrogens (tertiary/aromatic N) is 3. The van der Waals surface area contributed by atoms with Gasteiger partial charge in [-0.05, 0) is 14.0 Å². The number of nitrogens with one attached hydrogen (secondary N) is 1. The molecular formula is C16H26N4O4. The first-order valence-corrected chi connectivity index (χ1v) is 8.11. The summed E-state index contributed by atoms with van der Waals surface area (Å²) in [4.78, 5) is 32.3. The lowest BCUT2D eigenvalue weighted by atomic mass is 10.2. The molecule has 8 heteroatoms. The summed E-state index contributed by atoms with van der Waals surface area (Å²) in [7, 11) is 3.66. The van der Waals surface area contributed by atoms with Gasteiger partial charge in [-0.3, -0.25) is 9.59 Å². The third kappa shape index (κ3) is 4.78. The number of aromatic nitrogens is 1. The Hall–Kier alpha value is -1.93. The molecule has 0 saturated carbocycles. The molecule has 1 atom stereocenters. The second-order valence-corrected chi connectivity index (χ2v) is 6.15. The van der Waals surface area contributed by atoms with Crippen molar-refractivity contribution in [3.8, 4) is 0 Å². The summed E-state index contributed by atoms with van der Waals surface area (Å²) in [5, 5.41) is 2.87. The van der Waals surface area contributed by atoms with E-state index in [9.17, 15) is 9.59 Å². The second-order valence-electron chi connectivity index (χ2n) is 6.15. The molecule has 24 heavy (non-hydrogen) atoms. The second kappa shape index (κ2) is 8.25. The number of hydrogen-bond acceptors (Lipinski definition) is 6. The maximum Gasteiger partial charge on any atom is 0.273 e. The highest BCUT2D eigenvalue weighted by Gasteiger charge is 2.31. The summed E-state index contributed by atoms with van der Waals surface area (Å²) in [5.41, 5.74) is 0.290. The molecule has 8 nitrogen and oxygen atoms in total. The minimum atomic E-state index is -0.291. The van der Waals surface area contributed by atoms with Gasteiger partial charge in [0, 0.05) is 46.6 Å². The lowest BCUT2D eigenvalue weighted by molar-refractivity contribution is -0.127. The monoisotopic (exact) mass is 338 g/mol. The highest BCUT2D eigenvalue weighted by molar-refractivity contribution is 5.94. The Labute approximate surface area is 142 Å². The average Bonchev–Trinajstić information content (AvgIpc) is 3.04. The molecule has 0 aliphatic carbocycles. The Bertz CT molecular complexity index is 587. The van der Waals surface area contributed by atoms with Crippen LogP contribution < -0.4 is 5.32 Å². The van der Waals surface area contributed by atoms with Crippen LogP contribution in [0, 0.1) is 13.8 Å². The number of likely N-dealkylation sites (N-methyl/N-ethyl adjacent to an activating group) is 1. The zero-order valence-electron chi connectivity index (χ0n) is 14.8. The normalized spacial score (nSPS) is 17.8. The fraction of sp³-hybridized carbons (Fsp3) is 0.688. The van der Waals surface area contributed by atoms with Crippen LogP contribution in [0.5, 0.6) is 0 Å². The van der Waals surface area contributed by atoms with E-state index in [0.717, 1.165) is 13.1 Å². The fourth-order valence-electron chi connectivity index (χ4n) is 2.73. The lowest BCUT2D eigenvalue weighted by Gasteiger charge is -2.21. The lowest BCUT2D eigenvalue weighted by Crippen LogP contribution is -2.39. The van der Waals surface area contributed by atoms with Gasteiger partial charge in [0.1, 0.15) is 5.76 Å². The third-order valence-corrected chi connectivity index (χ3v) is 4.10. The van der Waals surface area contributed by atoms with Crippen LogP contribution in [0.3, 0.4) is 0 Å². The minimum Gasteiger partial charge on any atom is -0.445 e. The maximum absolute atomic E-state index is 12.2. The molecule has 2 heterocycles. The van der Waals surface area contributed by atoms with E-state index in [0.29, 0.717) is 37.8 Å². The molecule has 0 bridgehead atoms. The molecule has 0 aromatic carbocycles. The first kappa shape index (κ1) is 18.4. The SMILES string of the molecule is COCCN(C)CCN1CC(NC(=O)c2nc(C)oc2C)CC1=O. The van der Waals surface area contributed by atoms with Crippen molar-refractivity contribution in [3.05, 3.63) is 17.3 Å². The van der Waals surface area contributed by atoms with Gasteiger partial charge >= 0.3 is 0 Å². The van der Waals surface area contributed by atoms with E-state index in [1.54, 1.807) is 25.9 Å². The molecule has 134 valence electrons. The molecule has 2 amide bonds. The molecule has 0 spiro atoms. The van der Waals surface area contributed by atoms with E-state index >= 15 is 0 Å². The van der Waals surface area contributed by atoms with Crippen LogP contribution in [0.4, 0.5) is 0 Å². The molecule has 1 aliphatic rings. The zero-order valence-corrected chi connectivity index (χ0v) is 14.8. The van der Waals surface area contributed by atoms with E-state index in [2.05, 4.69) is 15.2 Å². The Kier molecular flexibility index (Phi) is 6.33. The van der Waals surface area contributed by atoms with Gasteiger partial charge in [-0.15, -0.1) is 0 Å². The van der Waals surface area contributed by atoms with Crippen LogP contribution in [-0.4, -0.2) is 79.6 Å². The number of oxazole rings is 1. The molecule has 1 fully saturated rings. The van der Waals surface area contributed by atoms with E-state index in [4.69, 9.17) is 9.15 Å². The van der Waals surface area contributed by atoms with Gasteiger partial charge in [-0.25, -0.2) is 4.98 Å². The standard InChI is InChI=1S/C16H26N4O4/c1-11-15(17-12(2)24-11)16(22)18-13-9-14(21)20(10-13)6-5-19(3)7-8-23-4/h13H,5-10H2,1-4H3,(H,18,22). The minimum absolute atomic E-state index is 0.0634. The van der Waals surface area contributed by atoms with Crippen LogP contribution >= 0.6 is 0 Å². The predicted octanol–water partition coefficient (Wildman–Crippen LogP) is 0.200. The Balaban J connectivity index is 1.81. The summed E-state index contributed by atoms with van der Waals surface area (Å²) in [6, 6.07) is -0.189. The van der Waals surface area contributed by atoms with Crippen LogP contribution in [0.15, 0.2) is 4.42 Å². The van der Waals surface area contributed by atoms with Gasteiger partial charge < -0.3 is 24.3 Å². The van der Waals surface area contributed by atoms with Crippen molar-refractivity contribution in [3.63, 3.8) is 0 Å². The first-order chi connectivity index (χ1) is 11.4. The summed E-state index contributed by atoms with van der Waals surface area (Å²) in [6.07, 6.45) is 0.323. The summed E-state index contributed by atoms with van der Waals surface area (Å²) >= 11 is 0. The predicted molar refractivity (Wildman–Crippen MR) is 87.8 cm³/mol.